The van der Waals surface area contributed by atoms with Gasteiger partial charge in [0.15, 0.2) is 0 Å². The molecule has 3 nitrogen and oxygen atoms in total. The lowest BCUT2D eigenvalue weighted by atomic mass is 10.1. The van der Waals surface area contributed by atoms with E-state index in [9.17, 15) is 4.79 Å². The maximum atomic E-state index is 12.7. The molecule has 1 aliphatic rings. The minimum atomic E-state index is -0.0894. The van der Waals surface area contributed by atoms with Gasteiger partial charge in [0.2, 0.25) is 0 Å². The largest absolute Gasteiger partial charge is 0.280 e. The third kappa shape index (κ3) is 3.96. The summed E-state index contributed by atoms with van der Waals surface area (Å²) in [7, 11) is 0. The van der Waals surface area contributed by atoms with Crippen LogP contribution in [0.4, 0.5) is 0 Å². The van der Waals surface area contributed by atoms with E-state index in [0.717, 1.165) is 28.3 Å². The minimum absolute atomic E-state index is 0.0894. The van der Waals surface area contributed by atoms with Gasteiger partial charge in [0.05, 0.1) is 17.0 Å². The number of hydrogen-bond acceptors (Lipinski definition) is 3. The zero-order valence-corrected chi connectivity index (χ0v) is 14.9. The lowest BCUT2D eigenvalue weighted by Crippen LogP contribution is -2.20. The Morgan fingerprint density at radius 3 is 2.65 bits per heavy atom. The summed E-state index contributed by atoms with van der Waals surface area (Å²) in [6.07, 6.45) is 8.50. The number of allylic oxidation sites excluding steroid dienone is 4. The molecule has 2 heterocycles. The molecule has 4 heteroatoms. The fourth-order valence-electron chi connectivity index (χ4n) is 2.14. The Hall–Kier alpha value is -2.20. The van der Waals surface area contributed by atoms with Crippen molar-refractivity contribution < 1.29 is 4.79 Å². The van der Waals surface area contributed by atoms with Crippen LogP contribution in [0.5, 0.6) is 0 Å². The van der Waals surface area contributed by atoms with E-state index in [4.69, 9.17) is 0 Å². The van der Waals surface area contributed by atoms with Crippen LogP contribution < -0.4 is 0 Å². The van der Waals surface area contributed by atoms with Gasteiger partial charge in [-0.15, -0.1) is 11.3 Å². The molecule has 0 spiro atoms. The molecule has 1 aliphatic heterocycles. The molecular weight excluding hydrogens is 304 g/mol. The highest BCUT2D eigenvalue weighted by molar-refractivity contribution is 7.12. The Labute approximate surface area is 142 Å². The average Bonchev–Trinajstić information content (AvgIpc) is 3.06. The van der Waals surface area contributed by atoms with Crippen LogP contribution in [0.3, 0.4) is 0 Å². The number of nitrogens with zero attached hydrogens (tertiary/aromatic N) is 2. The maximum absolute atomic E-state index is 12.7. The Bertz CT molecular complexity index is 747. The van der Waals surface area contributed by atoms with Gasteiger partial charge in [0.25, 0.3) is 5.91 Å². The van der Waals surface area contributed by atoms with Crippen molar-refractivity contribution in [3.8, 4) is 0 Å². The fourth-order valence-corrected chi connectivity index (χ4v) is 2.96. The van der Waals surface area contributed by atoms with E-state index < -0.39 is 0 Å². The third-order valence-corrected chi connectivity index (χ3v) is 4.54. The highest BCUT2D eigenvalue weighted by Gasteiger charge is 2.29. The van der Waals surface area contributed by atoms with Crippen molar-refractivity contribution in [2.24, 2.45) is 5.10 Å². The van der Waals surface area contributed by atoms with Crippen LogP contribution in [0.1, 0.15) is 36.9 Å². The zero-order chi connectivity index (χ0) is 17.0. The van der Waals surface area contributed by atoms with Crippen LogP contribution in [0.25, 0.3) is 6.08 Å². The van der Waals surface area contributed by atoms with E-state index >= 15 is 0 Å². The first-order valence-corrected chi connectivity index (χ1v) is 8.48. The summed E-state index contributed by atoms with van der Waals surface area (Å²) < 4.78 is 0. The number of carbonyl (C=O) groups excluding carboxylic acids is 1. The van der Waals surface area contributed by atoms with Crippen LogP contribution in [-0.4, -0.2) is 16.6 Å². The molecule has 120 valence electrons. The van der Waals surface area contributed by atoms with Gasteiger partial charge in [-0.05, 0) is 51.5 Å². The zero-order valence-electron chi connectivity index (χ0n) is 14.1. The van der Waals surface area contributed by atoms with E-state index in [2.05, 4.69) is 31.6 Å². The molecule has 0 unspecified atom stereocenters. The van der Waals surface area contributed by atoms with E-state index in [1.54, 1.807) is 11.3 Å². The predicted octanol–water partition coefficient (Wildman–Crippen LogP) is 5.08. The fraction of sp³-hybridized carbons (Fsp3) is 0.263. The molecule has 23 heavy (non-hydrogen) atoms. The van der Waals surface area contributed by atoms with Crippen LogP contribution >= 0.6 is 11.3 Å². The molecule has 0 N–H and O–H groups in total. The molecular formula is C19H22N2OS. The highest BCUT2D eigenvalue weighted by Crippen LogP contribution is 2.25. The van der Waals surface area contributed by atoms with Crippen molar-refractivity contribution in [2.45, 2.75) is 34.1 Å². The van der Waals surface area contributed by atoms with Crippen molar-refractivity contribution in [1.29, 1.82) is 0 Å². The lowest BCUT2D eigenvalue weighted by molar-refractivity contribution is -0.123. The third-order valence-electron chi connectivity index (χ3n) is 3.59. The molecule has 1 aromatic heterocycles. The number of amides is 1. The standard InChI is InChI=1S/C19H22N2OS/c1-6-13(3)8-10-16(7-2)21-19(22)18(15(5)20-21)12-17-11-9-14(4)23-17/h7-12H,3,6H2,1-2,4-5H3/b10-8+,16-7-,18-12+. The summed E-state index contributed by atoms with van der Waals surface area (Å²) in [4.78, 5) is 15.0. The van der Waals surface area contributed by atoms with Crippen LogP contribution in [0.15, 0.2) is 58.9 Å². The summed E-state index contributed by atoms with van der Waals surface area (Å²) in [5, 5.41) is 5.88. The molecule has 0 radical (unpaired) electrons. The van der Waals surface area contributed by atoms with E-state index in [1.165, 1.54) is 9.89 Å². The van der Waals surface area contributed by atoms with E-state index in [-0.39, 0.29) is 5.91 Å². The van der Waals surface area contributed by atoms with Crippen molar-refractivity contribution in [2.75, 3.05) is 0 Å². The summed E-state index contributed by atoms with van der Waals surface area (Å²) >= 11 is 1.67. The van der Waals surface area contributed by atoms with Crippen molar-refractivity contribution in [3.63, 3.8) is 0 Å². The highest BCUT2D eigenvalue weighted by atomic mass is 32.1. The van der Waals surface area contributed by atoms with E-state index in [0.29, 0.717) is 5.57 Å². The van der Waals surface area contributed by atoms with Gasteiger partial charge in [-0.2, -0.15) is 10.1 Å². The predicted molar refractivity (Wildman–Crippen MR) is 99.3 cm³/mol. The van der Waals surface area contributed by atoms with Gasteiger partial charge in [-0.3, -0.25) is 4.79 Å². The number of rotatable bonds is 5. The first kappa shape index (κ1) is 17.2. The summed E-state index contributed by atoms with van der Waals surface area (Å²) in [6, 6.07) is 4.08. The smallest absolute Gasteiger partial charge is 0.267 e. The number of carbonyl (C=O) groups is 1. The minimum Gasteiger partial charge on any atom is -0.267 e. The maximum Gasteiger partial charge on any atom is 0.280 e. The average molecular weight is 326 g/mol. The Morgan fingerprint density at radius 2 is 2.09 bits per heavy atom. The molecule has 0 saturated heterocycles. The summed E-state index contributed by atoms with van der Waals surface area (Å²) in [5.41, 5.74) is 3.16. The second-order valence-electron chi connectivity index (χ2n) is 5.37. The van der Waals surface area contributed by atoms with Crippen LogP contribution in [-0.2, 0) is 4.79 Å². The van der Waals surface area contributed by atoms with Gasteiger partial charge in [0.1, 0.15) is 0 Å². The van der Waals surface area contributed by atoms with Crippen molar-refractivity contribution in [3.05, 3.63) is 63.5 Å². The van der Waals surface area contributed by atoms with Crippen LogP contribution in [0.2, 0.25) is 0 Å². The molecule has 1 amide bonds. The normalized spacial score (nSPS) is 17.5. The van der Waals surface area contributed by atoms with Gasteiger partial charge in [-0.25, -0.2) is 0 Å². The molecule has 0 saturated carbocycles. The molecule has 2 rings (SSSR count). The van der Waals surface area contributed by atoms with Crippen molar-refractivity contribution >= 4 is 29.0 Å². The first-order valence-electron chi connectivity index (χ1n) is 7.66. The lowest BCUT2D eigenvalue weighted by Gasteiger charge is -2.12. The van der Waals surface area contributed by atoms with E-state index in [1.807, 2.05) is 44.2 Å². The SMILES string of the molecule is C=C(/C=C/C(=C/C)N1N=C(C)/C(=C\c2ccc(C)s2)C1=O)CC. The van der Waals surface area contributed by atoms with Crippen LogP contribution in [0, 0.1) is 6.92 Å². The quantitative estimate of drug-likeness (QED) is 0.548. The molecule has 1 aromatic rings. The molecule has 0 fully saturated rings. The Morgan fingerprint density at radius 1 is 1.35 bits per heavy atom. The Kier molecular flexibility index (Phi) is 5.50. The second-order valence-corrected chi connectivity index (χ2v) is 6.69. The first-order chi connectivity index (χ1) is 11.0. The van der Waals surface area contributed by atoms with Gasteiger partial charge < -0.3 is 0 Å². The molecule has 0 aromatic carbocycles. The number of hydrogen-bond donors (Lipinski definition) is 0. The number of aryl methyl sites for hydroxylation is 1. The summed E-state index contributed by atoms with van der Waals surface area (Å²) in [6.45, 7) is 11.8. The molecule has 0 aliphatic carbocycles. The van der Waals surface area contributed by atoms with Gasteiger partial charge in [-0.1, -0.05) is 31.2 Å². The summed E-state index contributed by atoms with van der Waals surface area (Å²) in [5.74, 6) is -0.0894. The second kappa shape index (κ2) is 7.38. The monoisotopic (exact) mass is 326 g/mol. The molecule has 0 bridgehead atoms. The van der Waals surface area contributed by atoms with Crippen molar-refractivity contribution in [1.82, 2.24) is 5.01 Å². The number of thiophene rings is 1. The molecule has 0 atom stereocenters. The number of hydrazone groups is 1. The van der Waals surface area contributed by atoms with Gasteiger partial charge in [0, 0.05) is 9.75 Å². The Balaban J connectivity index is 2.27. The topological polar surface area (TPSA) is 32.7 Å². The van der Waals surface area contributed by atoms with Gasteiger partial charge >= 0.3 is 0 Å².